The van der Waals surface area contributed by atoms with E-state index in [9.17, 15) is 4.79 Å². The van der Waals surface area contributed by atoms with Gasteiger partial charge >= 0.3 is 0 Å². The predicted molar refractivity (Wildman–Crippen MR) is 102 cm³/mol. The molecular formula is C20H27N5O. The van der Waals surface area contributed by atoms with Gasteiger partial charge in [-0.1, -0.05) is 12.1 Å². The van der Waals surface area contributed by atoms with Crippen LogP contribution in [0.15, 0.2) is 36.8 Å². The second-order valence-electron chi connectivity index (χ2n) is 7.35. The van der Waals surface area contributed by atoms with Crippen molar-refractivity contribution in [1.29, 1.82) is 0 Å². The SMILES string of the molecule is Cc1cccc(N2CCN(CC(=O)N3CCCn4cncc4C3)CC2)c1. The highest BCUT2D eigenvalue weighted by Crippen LogP contribution is 2.18. The number of aryl methyl sites for hydroxylation is 2. The van der Waals surface area contributed by atoms with Crippen molar-refractivity contribution in [2.24, 2.45) is 0 Å². The molecule has 0 bridgehead atoms. The van der Waals surface area contributed by atoms with Crippen LogP contribution in [0.1, 0.15) is 17.7 Å². The molecule has 0 unspecified atom stereocenters. The van der Waals surface area contributed by atoms with Gasteiger partial charge in [0, 0.05) is 51.2 Å². The first-order valence-electron chi connectivity index (χ1n) is 9.50. The lowest BCUT2D eigenvalue weighted by atomic mass is 10.2. The molecule has 1 fully saturated rings. The van der Waals surface area contributed by atoms with Gasteiger partial charge in [0.15, 0.2) is 0 Å². The van der Waals surface area contributed by atoms with Crippen molar-refractivity contribution in [3.63, 3.8) is 0 Å². The van der Waals surface area contributed by atoms with E-state index >= 15 is 0 Å². The highest BCUT2D eigenvalue weighted by Gasteiger charge is 2.24. The Balaban J connectivity index is 1.31. The Morgan fingerprint density at radius 3 is 2.77 bits per heavy atom. The van der Waals surface area contributed by atoms with Gasteiger partial charge in [-0.25, -0.2) is 4.98 Å². The van der Waals surface area contributed by atoms with Crippen molar-refractivity contribution in [3.8, 4) is 0 Å². The molecule has 2 aliphatic rings. The third-order valence-corrected chi connectivity index (χ3v) is 5.43. The van der Waals surface area contributed by atoms with Crippen molar-refractivity contribution in [2.75, 3.05) is 44.2 Å². The van der Waals surface area contributed by atoms with Gasteiger partial charge in [-0.2, -0.15) is 0 Å². The van der Waals surface area contributed by atoms with Crippen LogP contribution in [0.2, 0.25) is 0 Å². The lowest BCUT2D eigenvalue weighted by molar-refractivity contribution is -0.133. The normalized spacial score (nSPS) is 18.5. The second-order valence-corrected chi connectivity index (χ2v) is 7.35. The van der Waals surface area contributed by atoms with Gasteiger partial charge in [-0.05, 0) is 31.0 Å². The van der Waals surface area contributed by atoms with Crippen LogP contribution < -0.4 is 4.90 Å². The fourth-order valence-electron chi connectivity index (χ4n) is 3.88. The Morgan fingerprint density at radius 1 is 1.12 bits per heavy atom. The number of anilines is 1. The first-order valence-corrected chi connectivity index (χ1v) is 9.50. The second kappa shape index (κ2) is 7.50. The van der Waals surface area contributed by atoms with Crippen LogP contribution in [0.25, 0.3) is 0 Å². The minimum atomic E-state index is 0.239. The summed E-state index contributed by atoms with van der Waals surface area (Å²) in [6.45, 7) is 8.95. The smallest absolute Gasteiger partial charge is 0.237 e. The number of carbonyl (C=O) groups excluding carboxylic acids is 1. The molecule has 0 N–H and O–H groups in total. The molecular weight excluding hydrogens is 326 g/mol. The Hall–Kier alpha value is -2.34. The maximum absolute atomic E-state index is 12.8. The van der Waals surface area contributed by atoms with Crippen molar-refractivity contribution in [3.05, 3.63) is 48.0 Å². The quantitative estimate of drug-likeness (QED) is 0.843. The summed E-state index contributed by atoms with van der Waals surface area (Å²) >= 11 is 0. The summed E-state index contributed by atoms with van der Waals surface area (Å²) in [5.74, 6) is 0.239. The predicted octanol–water partition coefficient (Wildman–Crippen LogP) is 1.75. The Kier molecular flexibility index (Phi) is 4.93. The number of rotatable bonds is 3. The van der Waals surface area contributed by atoms with Gasteiger partial charge in [0.2, 0.25) is 5.91 Å². The van der Waals surface area contributed by atoms with Crippen LogP contribution in [0.4, 0.5) is 5.69 Å². The molecule has 1 saturated heterocycles. The van der Waals surface area contributed by atoms with E-state index < -0.39 is 0 Å². The fourth-order valence-corrected chi connectivity index (χ4v) is 3.88. The number of carbonyl (C=O) groups is 1. The van der Waals surface area contributed by atoms with Crippen LogP contribution in [0.3, 0.4) is 0 Å². The Morgan fingerprint density at radius 2 is 1.96 bits per heavy atom. The Labute approximate surface area is 155 Å². The summed E-state index contributed by atoms with van der Waals surface area (Å²) in [4.78, 5) is 23.7. The number of piperazine rings is 1. The number of hydrogen-bond donors (Lipinski definition) is 0. The number of fused-ring (bicyclic) bond motifs is 1. The van der Waals surface area contributed by atoms with Crippen LogP contribution in [-0.2, 0) is 17.9 Å². The molecule has 0 saturated carbocycles. The standard InChI is InChI=1S/C20H27N5O/c1-17-4-2-5-18(12-17)23-10-8-22(9-11-23)15-20(26)24-6-3-7-25-16-21-13-19(25)14-24/h2,4-5,12-13,16H,3,6-11,14-15H2,1H3. The van der Waals surface area contributed by atoms with Crippen molar-refractivity contribution in [1.82, 2.24) is 19.4 Å². The molecule has 138 valence electrons. The minimum absolute atomic E-state index is 0.239. The number of nitrogens with zero attached hydrogens (tertiary/aromatic N) is 5. The third-order valence-electron chi connectivity index (χ3n) is 5.43. The summed E-state index contributed by atoms with van der Waals surface area (Å²) in [5, 5.41) is 0. The van der Waals surface area contributed by atoms with E-state index in [0.717, 1.165) is 51.4 Å². The van der Waals surface area contributed by atoms with Gasteiger partial charge in [-0.3, -0.25) is 9.69 Å². The van der Waals surface area contributed by atoms with E-state index in [-0.39, 0.29) is 5.91 Å². The molecule has 3 heterocycles. The van der Waals surface area contributed by atoms with E-state index in [1.807, 2.05) is 17.4 Å². The van der Waals surface area contributed by atoms with E-state index in [1.54, 1.807) is 0 Å². The van der Waals surface area contributed by atoms with Crippen LogP contribution >= 0.6 is 0 Å². The van der Waals surface area contributed by atoms with Crippen LogP contribution in [0.5, 0.6) is 0 Å². The van der Waals surface area contributed by atoms with E-state index in [4.69, 9.17) is 0 Å². The number of benzene rings is 1. The topological polar surface area (TPSA) is 44.6 Å². The zero-order valence-electron chi connectivity index (χ0n) is 15.5. The maximum Gasteiger partial charge on any atom is 0.237 e. The zero-order valence-corrected chi connectivity index (χ0v) is 15.5. The monoisotopic (exact) mass is 353 g/mol. The van der Waals surface area contributed by atoms with E-state index in [1.165, 1.54) is 11.3 Å². The summed E-state index contributed by atoms with van der Waals surface area (Å²) in [7, 11) is 0. The van der Waals surface area contributed by atoms with Gasteiger partial charge in [0.05, 0.1) is 25.1 Å². The van der Waals surface area contributed by atoms with Gasteiger partial charge < -0.3 is 14.4 Å². The van der Waals surface area contributed by atoms with E-state index in [2.05, 4.69) is 50.5 Å². The number of aromatic nitrogens is 2. The van der Waals surface area contributed by atoms with Gasteiger partial charge in [0.1, 0.15) is 0 Å². The first-order chi connectivity index (χ1) is 12.7. The summed E-state index contributed by atoms with van der Waals surface area (Å²) in [6, 6.07) is 8.66. The molecule has 1 aromatic heterocycles. The van der Waals surface area contributed by atoms with Gasteiger partial charge in [-0.15, -0.1) is 0 Å². The zero-order chi connectivity index (χ0) is 17.9. The molecule has 2 aromatic rings. The number of hydrogen-bond acceptors (Lipinski definition) is 4. The summed E-state index contributed by atoms with van der Waals surface area (Å²) in [5.41, 5.74) is 3.72. The van der Waals surface area contributed by atoms with Crippen molar-refractivity contribution < 1.29 is 4.79 Å². The van der Waals surface area contributed by atoms with Crippen molar-refractivity contribution >= 4 is 11.6 Å². The van der Waals surface area contributed by atoms with Crippen molar-refractivity contribution in [2.45, 2.75) is 26.4 Å². The molecule has 2 aliphatic heterocycles. The number of imidazole rings is 1. The highest BCUT2D eigenvalue weighted by atomic mass is 16.2. The lowest BCUT2D eigenvalue weighted by Gasteiger charge is -2.36. The van der Waals surface area contributed by atoms with Gasteiger partial charge in [0.25, 0.3) is 0 Å². The van der Waals surface area contributed by atoms with Crippen LogP contribution in [-0.4, -0.2) is 64.5 Å². The molecule has 0 atom stereocenters. The average molecular weight is 353 g/mol. The highest BCUT2D eigenvalue weighted by molar-refractivity contribution is 5.78. The Bertz CT molecular complexity index is 763. The molecule has 1 aromatic carbocycles. The minimum Gasteiger partial charge on any atom is -0.369 e. The first kappa shape index (κ1) is 17.1. The fraction of sp³-hybridized carbons (Fsp3) is 0.500. The lowest BCUT2D eigenvalue weighted by Crippen LogP contribution is -2.50. The largest absolute Gasteiger partial charge is 0.369 e. The molecule has 4 rings (SSSR count). The number of amides is 1. The molecule has 26 heavy (non-hydrogen) atoms. The average Bonchev–Trinajstić information content (AvgIpc) is 2.99. The van der Waals surface area contributed by atoms with Crippen LogP contribution in [0, 0.1) is 6.92 Å². The molecule has 0 aliphatic carbocycles. The summed E-state index contributed by atoms with van der Waals surface area (Å²) in [6.07, 6.45) is 4.75. The molecule has 1 amide bonds. The maximum atomic E-state index is 12.8. The third kappa shape index (κ3) is 3.75. The molecule has 0 radical (unpaired) electrons. The molecule has 6 nitrogen and oxygen atoms in total. The molecule has 0 spiro atoms. The molecule has 6 heteroatoms. The van der Waals surface area contributed by atoms with E-state index in [0.29, 0.717) is 13.1 Å². The summed E-state index contributed by atoms with van der Waals surface area (Å²) < 4.78 is 2.16.